The second-order valence-electron chi connectivity index (χ2n) is 9.11. The van der Waals surface area contributed by atoms with Crippen LogP contribution in [0, 0.1) is 5.82 Å². The van der Waals surface area contributed by atoms with Crippen molar-refractivity contribution in [3.8, 4) is 17.1 Å². The van der Waals surface area contributed by atoms with E-state index in [2.05, 4.69) is 15.1 Å². The van der Waals surface area contributed by atoms with Crippen LogP contribution in [-0.2, 0) is 0 Å². The third kappa shape index (κ3) is 3.92. The van der Waals surface area contributed by atoms with Crippen molar-refractivity contribution in [3.63, 3.8) is 0 Å². The van der Waals surface area contributed by atoms with Crippen molar-refractivity contribution in [3.05, 3.63) is 84.2 Å². The van der Waals surface area contributed by atoms with Gasteiger partial charge in [-0.15, -0.1) is 10.2 Å². The van der Waals surface area contributed by atoms with Crippen molar-refractivity contribution < 1.29 is 13.9 Å². The minimum atomic E-state index is -0.376. The van der Waals surface area contributed by atoms with Crippen molar-refractivity contribution >= 4 is 28.4 Å². The Labute approximate surface area is 212 Å². The topological polar surface area (TPSA) is 75.9 Å². The number of rotatable bonds is 4. The van der Waals surface area contributed by atoms with E-state index in [0.29, 0.717) is 53.9 Å². The van der Waals surface area contributed by atoms with Gasteiger partial charge >= 0.3 is 0 Å². The van der Waals surface area contributed by atoms with Crippen LogP contribution >= 0.6 is 0 Å². The van der Waals surface area contributed by atoms with Gasteiger partial charge in [0.25, 0.3) is 5.91 Å². The molecule has 0 saturated carbocycles. The lowest BCUT2D eigenvalue weighted by molar-refractivity contribution is 0.0673. The molecule has 3 aromatic carbocycles. The monoisotopic (exact) mass is 496 g/mol. The number of para-hydroxylation sites is 1. The average Bonchev–Trinajstić information content (AvgIpc) is 3.38. The number of benzene rings is 3. The largest absolute Gasteiger partial charge is 0.497 e. The minimum Gasteiger partial charge on any atom is -0.497 e. The van der Waals surface area contributed by atoms with Gasteiger partial charge in [-0.3, -0.25) is 4.79 Å². The van der Waals surface area contributed by atoms with Crippen LogP contribution in [0.4, 0.5) is 10.3 Å². The fourth-order valence-electron chi connectivity index (χ4n) is 4.94. The standard InChI is InChI=1S/C28H25FN6O2/c1-18-17-33(15-16-34(18)27(36)19-11-13-20(37-2)14-12-19)28-30-24-10-6-4-8-22(24)26-32-31-25(35(26)28)21-7-3-5-9-23(21)29/h3-14,18H,15-17H2,1-2H3/t18-/m1/s1. The van der Waals surface area contributed by atoms with Crippen LogP contribution in [0.2, 0.25) is 0 Å². The molecule has 0 spiro atoms. The Kier molecular flexibility index (Phi) is 5.67. The van der Waals surface area contributed by atoms with E-state index in [1.807, 2.05) is 40.5 Å². The summed E-state index contributed by atoms with van der Waals surface area (Å²) < 4.78 is 21.9. The number of halogens is 1. The SMILES string of the molecule is COc1ccc(C(=O)N2CCN(c3nc4ccccc4c4nnc(-c5ccccc5F)n34)C[C@H]2C)cc1. The van der Waals surface area contributed by atoms with Crippen molar-refractivity contribution in [1.29, 1.82) is 0 Å². The minimum absolute atomic E-state index is 0.0252. The fraction of sp³-hybridized carbons (Fsp3) is 0.214. The molecule has 0 unspecified atom stereocenters. The van der Waals surface area contributed by atoms with E-state index in [1.165, 1.54) is 6.07 Å². The first-order valence-electron chi connectivity index (χ1n) is 12.1. The maximum absolute atomic E-state index is 14.8. The summed E-state index contributed by atoms with van der Waals surface area (Å²) in [6, 6.07) is 21.3. The van der Waals surface area contributed by atoms with E-state index in [4.69, 9.17) is 9.72 Å². The molecule has 1 aliphatic rings. The summed E-state index contributed by atoms with van der Waals surface area (Å²) in [6.45, 7) is 3.65. The van der Waals surface area contributed by atoms with E-state index in [9.17, 15) is 9.18 Å². The fourth-order valence-corrected chi connectivity index (χ4v) is 4.94. The molecule has 37 heavy (non-hydrogen) atoms. The molecule has 9 heteroatoms. The summed E-state index contributed by atoms with van der Waals surface area (Å²) in [4.78, 5) is 22.2. The first-order chi connectivity index (χ1) is 18.0. The molecule has 1 saturated heterocycles. The number of hydrogen-bond acceptors (Lipinski definition) is 6. The van der Waals surface area contributed by atoms with Gasteiger partial charge in [0, 0.05) is 36.6 Å². The van der Waals surface area contributed by atoms with Gasteiger partial charge in [-0.05, 0) is 55.5 Å². The lowest BCUT2D eigenvalue weighted by Crippen LogP contribution is -2.54. The maximum atomic E-state index is 14.8. The van der Waals surface area contributed by atoms with E-state index in [0.717, 1.165) is 10.9 Å². The van der Waals surface area contributed by atoms with Crippen LogP contribution in [0.3, 0.4) is 0 Å². The van der Waals surface area contributed by atoms with Gasteiger partial charge in [0.15, 0.2) is 11.5 Å². The van der Waals surface area contributed by atoms with Crippen LogP contribution in [0.25, 0.3) is 27.9 Å². The highest BCUT2D eigenvalue weighted by molar-refractivity contribution is 5.95. The summed E-state index contributed by atoms with van der Waals surface area (Å²) in [7, 11) is 1.60. The zero-order valence-corrected chi connectivity index (χ0v) is 20.5. The highest BCUT2D eigenvalue weighted by atomic mass is 19.1. The Bertz CT molecular complexity index is 1620. The quantitative estimate of drug-likeness (QED) is 0.366. The number of piperazine rings is 1. The van der Waals surface area contributed by atoms with Crippen molar-refractivity contribution in [2.45, 2.75) is 13.0 Å². The predicted molar refractivity (Wildman–Crippen MR) is 139 cm³/mol. The molecule has 1 fully saturated rings. The number of ether oxygens (including phenoxy) is 1. The Morgan fingerprint density at radius 3 is 2.49 bits per heavy atom. The molecule has 0 N–H and O–H groups in total. The van der Waals surface area contributed by atoms with Crippen LogP contribution in [0.15, 0.2) is 72.8 Å². The maximum Gasteiger partial charge on any atom is 0.254 e. The summed E-state index contributed by atoms with van der Waals surface area (Å²) >= 11 is 0. The molecule has 0 radical (unpaired) electrons. The highest BCUT2D eigenvalue weighted by Crippen LogP contribution is 2.30. The summed E-state index contributed by atoms with van der Waals surface area (Å²) in [5.41, 5.74) is 2.37. The molecule has 1 atom stereocenters. The van der Waals surface area contributed by atoms with Crippen LogP contribution in [-0.4, -0.2) is 63.2 Å². The summed E-state index contributed by atoms with van der Waals surface area (Å²) in [5, 5.41) is 9.66. The van der Waals surface area contributed by atoms with Gasteiger partial charge in [-0.1, -0.05) is 24.3 Å². The van der Waals surface area contributed by atoms with E-state index >= 15 is 0 Å². The second-order valence-corrected chi connectivity index (χ2v) is 9.11. The number of amides is 1. The van der Waals surface area contributed by atoms with E-state index in [1.54, 1.807) is 49.6 Å². The molecule has 3 heterocycles. The van der Waals surface area contributed by atoms with Crippen molar-refractivity contribution in [1.82, 2.24) is 24.5 Å². The van der Waals surface area contributed by atoms with Gasteiger partial charge in [-0.2, -0.15) is 0 Å². The molecule has 1 aliphatic heterocycles. The van der Waals surface area contributed by atoms with Gasteiger partial charge in [0.1, 0.15) is 11.6 Å². The molecule has 2 aromatic heterocycles. The molecule has 6 rings (SSSR count). The number of methoxy groups -OCH3 is 1. The molecule has 0 aliphatic carbocycles. The van der Waals surface area contributed by atoms with Gasteiger partial charge < -0.3 is 14.5 Å². The molecule has 186 valence electrons. The molecule has 0 bridgehead atoms. The first-order valence-corrected chi connectivity index (χ1v) is 12.1. The van der Waals surface area contributed by atoms with Crippen LogP contribution < -0.4 is 9.64 Å². The first kappa shape index (κ1) is 22.9. The van der Waals surface area contributed by atoms with E-state index in [-0.39, 0.29) is 17.8 Å². The number of hydrogen-bond donors (Lipinski definition) is 0. The number of fused-ring (bicyclic) bond motifs is 3. The lowest BCUT2D eigenvalue weighted by Gasteiger charge is -2.40. The number of aromatic nitrogens is 4. The zero-order valence-electron chi connectivity index (χ0n) is 20.5. The predicted octanol–water partition coefficient (Wildman–Crippen LogP) is 4.44. The third-order valence-corrected chi connectivity index (χ3v) is 6.85. The Hall–Kier alpha value is -4.53. The summed E-state index contributed by atoms with van der Waals surface area (Å²) in [5.74, 6) is 1.33. The normalized spacial score (nSPS) is 15.9. The molecular weight excluding hydrogens is 471 g/mol. The average molecular weight is 497 g/mol. The number of nitrogens with zero attached hydrogens (tertiary/aromatic N) is 6. The summed E-state index contributed by atoms with van der Waals surface area (Å²) in [6.07, 6.45) is 0. The molecule has 1 amide bonds. The molecular formula is C28H25FN6O2. The van der Waals surface area contributed by atoms with Gasteiger partial charge in [0.2, 0.25) is 5.95 Å². The number of carbonyl (C=O) groups excluding carboxylic acids is 1. The van der Waals surface area contributed by atoms with E-state index < -0.39 is 0 Å². The Morgan fingerprint density at radius 1 is 0.973 bits per heavy atom. The Morgan fingerprint density at radius 2 is 1.73 bits per heavy atom. The second kappa shape index (κ2) is 9.16. The smallest absolute Gasteiger partial charge is 0.254 e. The zero-order chi connectivity index (χ0) is 25.5. The molecule has 8 nitrogen and oxygen atoms in total. The van der Waals surface area contributed by atoms with Crippen molar-refractivity contribution in [2.24, 2.45) is 0 Å². The van der Waals surface area contributed by atoms with Crippen LogP contribution in [0.5, 0.6) is 5.75 Å². The third-order valence-electron chi connectivity index (χ3n) is 6.85. The molecule has 5 aromatic rings. The van der Waals surface area contributed by atoms with Crippen LogP contribution in [0.1, 0.15) is 17.3 Å². The number of anilines is 1. The van der Waals surface area contributed by atoms with Gasteiger partial charge in [0.05, 0.1) is 18.2 Å². The van der Waals surface area contributed by atoms with Crippen molar-refractivity contribution in [2.75, 3.05) is 31.6 Å². The number of carbonyl (C=O) groups is 1. The highest BCUT2D eigenvalue weighted by Gasteiger charge is 2.31. The lowest BCUT2D eigenvalue weighted by atomic mass is 10.1. The van der Waals surface area contributed by atoms with Gasteiger partial charge in [-0.25, -0.2) is 13.8 Å². The Balaban J connectivity index is 1.39.